The van der Waals surface area contributed by atoms with E-state index in [1.165, 1.54) is 11.8 Å². The van der Waals surface area contributed by atoms with Crippen LogP contribution in [0.15, 0.2) is 47.1 Å². The van der Waals surface area contributed by atoms with Gasteiger partial charge >= 0.3 is 0 Å². The number of nitrogens with one attached hydrogen (secondary N) is 1. The zero-order valence-electron chi connectivity index (χ0n) is 12.2. The topological polar surface area (TPSA) is 42.2 Å². The van der Waals surface area contributed by atoms with Crippen molar-refractivity contribution in [1.29, 1.82) is 0 Å². The minimum absolute atomic E-state index is 0.0153. The molecule has 0 fully saturated rings. The summed E-state index contributed by atoms with van der Waals surface area (Å²) in [5.74, 6) is 0.482. The maximum absolute atomic E-state index is 12.1. The van der Waals surface area contributed by atoms with E-state index in [0.717, 1.165) is 12.0 Å². The Bertz CT molecular complexity index is 541. The third kappa shape index (κ3) is 3.29. The van der Waals surface area contributed by atoms with Crippen LogP contribution in [0.5, 0.6) is 0 Å². The lowest BCUT2D eigenvalue weighted by molar-refractivity contribution is 0.0897. The van der Waals surface area contributed by atoms with Crippen LogP contribution in [0.4, 0.5) is 0 Å². The minimum Gasteiger partial charge on any atom is -0.459 e. The molecule has 0 aliphatic heterocycles. The van der Waals surface area contributed by atoms with E-state index in [0.29, 0.717) is 11.7 Å². The number of benzene rings is 1. The van der Waals surface area contributed by atoms with Crippen LogP contribution in [-0.2, 0) is 6.42 Å². The van der Waals surface area contributed by atoms with Gasteiger partial charge in [0.1, 0.15) is 0 Å². The number of aryl methyl sites for hydroxylation is 1. The Kier molecular flexibility index (Phi) is 4.61. The highest BCUT2D eigenvalue weighted by Gasteiger charge is 2.20. The van der Waals surface area contributed by atoms with Crippen molar-refractivity contribution in [2.75, 3.05) is 0 Å². The normalized spacial score (nSPS) is 12.4. The average molecular weight is 271 g/mol. The molecule has 1 amide bonds. The lowest BCUT2D eigenvalue weighted by Crippen LogP contribution is -2.31. The SMILES string of the molecule is CCc1ccc(C(NC(=O)c2ccco2)C(C)C)cc1. The molecule has 20 heavy (non-hydrogen) atoms. The van der Waals surface area contributed by atoms with Crippen LogP contribution < -0.4 is 5.32 Å². The van der Waals surface area contributed by atoms with Gasteiger partial charge in [0.15, 0.2) is 5.76 Å². The van der Waals surface area contributed by atoms with Crippen LogP contribution in [0.1, 0.15) is 48.5 Å². The molecule has 1 heterocycles. The molecular weight excluding hydrogens is 250 g/mol. The molecule has 0 saturated heterocycles. The quantitative estimate of drug-likeness (QED) is 0.894. The molecular formula is C17H21NO2. The van der Waals surface area contributed by atoms with E-state index in [4.69, 9.17) is 4.42 Å². The summed E-state index contributed by atoms with van der Waals surface area (Å²) in [6, 6.07) is 11.8. The fourth-order valence-electron chi connectivity index (χ4n) is 2.22. The first kappa shape index (κ1) is 14.4. The van der Waals surface area contributed by atoms with E-state index in [1.54, 1.807) is 12.1 Å². The molecule has 1 unspecified atom stereocenters. The van der Waals surface area contributed by atoms with Crippen LogP contribution in [0.3, 0.4) is 0 Å². The van der Waals surface area contributed by atoms with Gasteiger partial charge in [0.25, 0.3) is 5.91 Å². The van der Waals surface area contributed by atoms with Gasteiger partial charge in [0, 0.05) is 0 Å². The molecule has 2 aromatic rings. The molecule has 1 atom stereocenters. The molecule has 3 nitrogen and oxygen atoms in total. The second kappa shape index (κ2) is 6.42. The largest absolute Gasteiger partial charge is 0.459 e. The summed E-state index contributed by atoms with van der Waals surface area (Å²) in [5.41, 5.74) is 2.42. The number of hydrogen-bond donors (Lipinski definition) is 1. The predicted molar refractivity (Wildman–Crippen MR) is 79.6 cm³/mol. The van der Waals surface area contributed by atoms with Crippen LogP contribution in [0.2, 0.25) is 0 Å². The van der Waals surface area contributed by atoms with E-state index in [-0.39, 0.29) is 11.9 Å². The first-order valence-electron chi connectivity index (χ1n) is 7.05. The van der Waals surface area contributed by atoms with Crippen LogP contribution in [0.25, 0.3) is 0 Å². The average Bonchev–Trinajstić information content (AvgIpc) is 2.98. The van der Waals surface area contributed by atoms with Crippen LogP contribution >= 0.6 is 0 Å². The number of amides is 1. The van der Waals surface area contributed by atoms with Crippen molar-refractivity contribution < 1.29 is 9.21 Å². The van der Waals surface area contributed by atoms with Gasteiger partial charge < -0.3 is 9.73 Å². The summed E-state index contributed by atoms with van der Waals surface area (Å²) < 4.78 is 5.14. The summed E-state index contributed by atoms with van der Waals surface area (Å²) >= 11 is 0. The highest BCUT2D eigenvalue weighted by atomic mass is 16.3. The van der Waals surface area contributed by atoms with Gasteiger partial charge in [-0.15, -0.1) is 0 Å². The molecule has 1 N–H and O–H groups in total. The van der Waals surface area contributed by atoms with Gasteiger partial charge in [0.05, 0.1) is 12.3 Å². The second-order valence-electron chi connectivity index (χ2n) is 5.27. The highest BCUT2D eigenvalue weighted by Crippen LogP contribution is 2.22. The van der Waals surface area contributed by atoms with Crippen molar-refractivity contribution in [3.8, 4) is 0 Å². The maximum Gasteiger partial charge on any atom is 0.287 e. The van der Waals surface area contributed by atoms with E-state index in [2.05, 4.69) is 50.4 Å². The van der Waals surface area contributed by atoms with Gasteiger partial charge in [-0.1, -0.05) is 45.0 Å². The molecule has 0 bridgehead atoms. The van der Waals surface area contributed by atoms with Crippen LogP contribution in [0, 0.1) is 5.92 Å². The standard InChI is InChI=1S/C17H21NO2/c1-4-13-7-9-14(10-8-13)16(12(2)3)18-17(19)15-6-5-11-20-15/h5-12,16H,4H2,1-3H3,(H,18,19). The van der Waals surface area contributed by atoms with Gasteiger partial charge in [-0.05, 0) is 35.6 Å². The second-order valence-corrected chi connectivity index (χ2v) is 5.27. The number of hydrogen-bond acceptors (Lipinski definition) is 2. The van der Waals surface area contributed by atoms with E-state index in [9.17, 15) is 4.79 Å². The molecule has 1 aromatic heterocycles. The zero-order chi connectivity index (χ0) is 14.5. The van der Waals surface area contributed by atoms with Crippen molar-refractivity contribution in [3.63, 3.8) is 0 Å². The van der Waals surface area contributed by atoms with Crippen molar-refractivity contribution in [3.05, 3.63) is 59.5 Å². The molecule has 106 valence electrons. The maximum atomic E-state index is 12.1. The smallest absolute Gasteiger partial charge is 0.287 e. The monoisotopic (exact) mass is 271 g/mol. The fourth-order valence-corrected chi connectivity index (χ4v) is 2.22. The first-order chi connectivity index (χ1) is 9.61. The van der Waals surface area contributed by atoms with E-state index < -0.39 is 0 Å². The van der Waals surface area contributed by atoms with Gasteiger partial charge in [-0.3, -0.25) is 4.79 Å². The Morgan fingerprint density at radius 1 is 1.20 bits per heavy atom. The van der Waals surface area contributed by atoms with Crippen LogP contribution in [-0.4, -0.2) is 5.91 Å². The molecule has 0 spiro atoms. The lowest BCUT2D eigenvalue weighted by atomic mass is 9.95. The minimum atomic E-state index is -0.173. The van der Waals surface area contributed by atoms with Crippen molar-refractivity contribution in [2.45, 2.75) is 33.2 Å². The summed E-state index contributed by atoms with van der Waals surface area (Å²) in [5, 5.41) is 3.04. The third-order valence-electron chi connectivity index (χ3n) is 3.45. The molecule has 3 heteroatoms. The Morgan fingerprint density at radius 2 is 1.90 bits per heavy atom. The number of furan rings is 1. The Balaban J connectivity index is 2.16. The molecule has 0 aliphatic rings. The predicted octanol–water partition coefficient (Wildman–Crippen LogP) is 3.97. The Hall–Kier alpha value is -2.03. The number of carbonyl (C=O) groups excluding carboxylic acids is 1. The molecule has 0 radical (unpaired) electrons. The zero-order valence-corrected chi connectivity index (χ0v) is 12.2. The summed E-state index contributed by atoms with van der Waals surface area (Å²) in [6.45, 7) is 6.33. The Morgan fingerprint density at radius 3 is 2.40 bits per heavy atom. The van der Waals surface area contributed by atoms with Crippen molar-refractivity contribution in [2.24, 2.45) is 5.92 Å². The Labute approximate surface area is 120 Å². The lowest BCUT2D eigenvalue weighted by Gasteiger charge is -2.22. The van der Waals surface area contributed by atoms with E-state index in [1.807, 2.05) is 0 Å². The molecule has 2 rings (SSSR count). The third-order valence-corrected chi connectivity index (χ3v) is 3.45. The highest BCUT2D eigenvalue weighted by molar-refractivity contribution is 5.91. The van der Waals surface area contributed by atoms with Gasteiger partial charge in [-0.2, -0.15) is 0 Å². The summed E-state index contributed by atoms with van der Waals surface area (Å²) in [4.78, 5) is 12.1. The fraction of sp³-hybridized carbons (Fsp3) is 0.353. The van der Waals surface area contributed by atoms with Gasteiger partial charge in [-0.25, -0.2) is 0 Å². The summed E-state index contributed by atoms with van der Waals surface area (Å²) in [7, 11) is 0. The molecule has 0 saturated carbocycles. The first-order valence-corrected chi connectivity index (χ1v) is 7.05. The molecule has 0 aliphatic carbocycles. The van der Waals surface area contributed by atoms with Crippen molar-refractivity contribution in [1.82, 2.24) is 5.32 Å². The summed E-state index contributed by atoms with van der Waals surface area (Å²) in [6.07, 6.45) is 2.53. The van der Waals surface area contributed by atoms with E-state index >= 15 is 0 Å². The molecule has 1 aromatic carbocycles. The van der Waals surface area contributed by atoms with Gasteiger partial charge in [0.2, 0.25) is 0 Å². The number of carbonyl (C=O) groups is 1. The van der Waals surface area contributed by atoms with Crippen molar-refractivity contribution >= 4 is 5.91 Å². The number of rotatable bonds is 5.